The number of hydrogen-bond donors (Lipinski definition) is 1. The van der Waals surface area contributed by atoms with E-state index in [0.29, 0.717) is 0 Å². The maximum atomic E-state index is 12.9. The van der Waals surface area contributed by atoms with Crippen LogP contribution in [0.25, 0.3) is 5.65 Å². The van der Waals surface area contributed by atoms with Crippen LogP contribution in [-0.4, -0.2) is 15.3 Å². The number of carbonyl (C=O) groups is 1. The number of nitrogens with zero attached hydrogens (tertiary/aromatic N) is 2. The van der Waals surface area contributed by atoms with Gasteiger partial charge in [0, 0.05) is 16.9 Å². The second-order valence-electron chi connectivity index (χ2n) is 6.68. The zero-order valence-electron chi connectivity index (χ0n) is 15.4. The van der Waals surface area contributed by atoms with Gasteiger partial charge in [0.1, 0.15) is 11.3 Å². The normalized spacial score (nSPS) is 12.7. The van der Waals surface area contributed by atoms with Gasteiger partial charge in [0.2, 0.25) is 0 Å². The van der Waals surface area contributed by atoms with Crippen molar-refractivity contribution < 1.29 is 18.0 Å². The summed E-state index contributed by atoms with van der Waals surface area (Å²) in [4.78, 5) is 17.1. The minimum absolute atomic E-state index is 0.0326. The van der Waals surface area contributed by atoms with Crippen LogP contribution in [0.1, 0.15) is 33.2 Å². The number of alkyl halides is 3. The molecule has 2 aromatic heterocycles. The minimum Gasteiger partial charge on any atom is -0.340 e. The van der Waals surface area contributed by atoms with E-state index in [-0.39, 0.29) is 11.3 Å². The van der Waals surface area contributed by atoms with Crippen LogP contribution in [0.3, 0.4) is 0 Å². The van der Waals surface area contributed by atoms with Gasteiger partial charge in [-0.3, -0.25) is 4.79 Å². The molecule has 8 heteroatoms. The van der Waals surface area contributed by atoms with Crippen LogP contribution in [0, 0.1) is 0 Å². The number of aromatic nitrogens is 2. The fourth-order valence-corrected chi connectivity index (χ4v) is 3.58. The second-order valence-corrected chi connectivity index (χ2v) is 7.59. The van der Waals surface area contributed by atoms with Crippen molar-refractivity contribution in [3.63, 3.8) is 0 Å². The fourth-order valence-electron chi connectivity index (χ4n) is 3.16. The zero-order chi connectivity index (χ0) is 21.3. The van der Waals surface area contributed by atoms with Gasteiger partial charge in [-0.1, -0.05) is 58.4 Å². The van der Waals surface area contributed by atoms with E-state index >= 15 is 0 Å². The molecule has 2 aromatic carbocycles. The lowest BCUT2D eigenvalue weighted by Crippen LogP contribution is -2.29. The Morgan fingerprint density at radius 1 is 0.967 bits per heavy atom. The summed E-state index contributed by atoms with van der Waals surface area (Å²) in [5, 5.41) is 2.94. The molecule has 0 fully saturated rings. The average Bonchev–Trinajstić information content (AvgIpc) is 3.15. The molecule has 1 unspecified atom stereocenters. The van der Waals surface area contributed by atoms with Crippen LogP contribution in [0.5, 0.6) is 0 Å². The number of hydrogen-bond acceptors (Lipinski definition) is 2. The Bertz CT molecular complexity index is 1210. The van der Waals surface area contributed by atoms with E-state index in [1.807, 2.05) is 54.6 Å². The first-order valence-electron chi connectivity index (χ1n) is 8.98. The van der Waals surface area contributed by atoms with Crippen molar-refractivity contribution in [2.75, 3.05) is 0 Å². The molecule has 2 heterocycles. The summed E-state index contributed by atoms with van der Waals surface area (Å²) in [6.45, 7) is 0. The van der Waals surface area contributed by atoms with E-state index in [2.05, 4.69) is 26.2 Å². The van der Waals surface area contributed by atoms with Crippen LogP contribution < -0.4 is 5.32 Å². The highest BCUT2D eigenvalue weighted by Gasteiger charge is 2.31. The highest BCUT2D eigenvalue weighted by Crippen LogP contribution is 2.29. The highest BCUT2D eigenvalue weighted by molar-refractivity contribution is 9.10. The predicted molar refractivity (Wildman–Crippen MR) is 110 cm³/mol. The first-order chi connectivity index (χ1) is 14.3. The van der Waals surface area contributed by atoms with E-state index in [1.54, 1.807) is 0 Å². The quantitative estimate of drug-likeness (QED) is 0.417. The van der Waals surface area contributed by atoms with E-state index in [0.717, 1.165) is 27.9 Å². The Morgan fingerprint density at radius 3 is 2.40 bits per heavy atom. The van der Waals surface area contributed by atoms with Crippen LogP contribution in [-0.2, 0) is 6.18 Å². The summed E-state index contributed by atoms with van der Waals surface area (Å²) < 4.78 is 40.9. The van der Waals surface area contributed by atoms with Crippen LogP contribution in [0.2, 0.25) is 0 Å². The molecule has 4 rings (SSSR count). The van der Waals surface area contributed by atoms with Crippen molar-refractivity contribution in [2.45, 2.75) is 12.2 Å². The fraction of sp³-hybridized carbons (Fsp3) is 0.0909. The summed E-state index contributed by atoms with van der Waals surface area (Å²) in [7, 11) is 0. The first kappa shape index (κ1) is 20.2. The number of nitrogens with one attached hydrogen (secondary N) is 1. The summed E-state index contributed by atoms with van der Waals surface area (Å²) in [6.07, 6.45) is -2.26. The van der Waals surface area contributed by atoms with Gasteiger partial charge in [0.05, 0.1) is 11.6 Å². The number of amides is 1. The Labute approximate surface area is 178 Å². The molecule has 152 valence electrons. The molecule has 1 N–H and O–H groups in total. The number of fused-ring (bicyclic) bond motifs is 1. The molecule has 0 saturated carbocycles. The third kappa shape index (κ3) is 4.23. The molecular weight excluding hydrogens is 459 g/mol. The molecule has 0 spiro atoms. The largest absolute Gasteiger partial charge is 0.417 e. The lowest BCUT2D eigenvalue weighted by molar-refractivity contribution is -0.137. The lowest BCUT2D eigenvalue weighted by atomic mass is 9.98. The van der Waals surface area contributed by atoms with Crippen molar-refractivity contribution in [1.82, 2.24) is 14.7 Å². The Balaban J connectivity index is 1.67. The lowest BCUT2D eigenvalue weighted by Gasteiger charge is -2.19. The van der Waals surface area contributed by atoms with Gasteiger partial charge in [0.15, 0.2) is 0 Å². The van der Waals surface area contributed by atoms with Crippen molar-refractivity contribution in [1.29, 1.82) is 0 Å². The van der Waals surface area contributed by atoms with E-state index in [9.17, 15) is 18.0 Å². The first-order valence-corrected chi connectivity index (χ1v) is 9.78. The second kappa shape index (κ2) is 7.95. The van der Waals surface area contributed by atoms with Crippen molar-refractivity contribution in [2.24, 2.45) is 0 Å². The molecule has 30 heavy (non-hydrogen) atoms. The van der Waals surface area contributed by atoms with Crippen LogP contribution >= 0.6 is 15.9 Å². The number of halogens is 4. The van der Waals surface area contributed by atoms with Gasteiger partial charge >= 0.3 is 6.18 Å². The molecule has 0 radical (unpaired) electrons. The van der Waals surface area contributed by atoms with E-state index in [1.165, 1.54) is 16.7 Å². The molecule has 4 nitrogen and oxygen atoms in total. The molecule has 4 aromatic rings. The smallest absolute Gasteiger partial charge is 0.340 e. The molecule has 0 aliphatic heterocycles. The molecule has 0 aliphatic rings. The van der Waals surface area contributed by atoms with Crippen LogP contribution in [0.15, 0.2) is 83.6 Å². The molecule has 0 bridgehead atoms. The average molecular weight is 474 g/mol. The number of benzene rings is 2. The topological polar surface area (TPSA) is 46.4 Å². The maximum absolute atomic E-state index is 12.9. The van der Waals surface area contributed by atoms with E-state index < -0.39 is 23.7 Å². The SMILES string of the molecule is O=C(NC(c1ccccc1)c1cccc(Br)c1)c1cn2cc(C(F)(F)F)ccc2n1. The Morgan fingerprint density at radius 2 is 1.70 bits per heavy atom. The summed E-state index contributed by atoms with van der Waals surface area (Å²) >= 11 is 3.44. The van der Waals surface area contributed by atoms with Gasteiger partial charge in [-0.2, -0.15) is 13.2 Å². The predicted octanol–water partition coefficient (Wildman–Crippen LogP) is 5.64. The zero-order valence-corrected chi connectivity index (χ0v) is 17.0. The number of carbonyl (C=O) groups excluding carboxylic acids is 1. The Kier molecular flexibility index (Phi) is 5.34. The Hall–Kier alpha value is -3.13. The van der Waals surface area contributed by atoms with E-state index in [4.69, 9.17) is 0 Å². The van der Waals surface area contributed by atoms with Crippen molar-refractivity contribution in [3.8, 4) is 0 Å². The monoisotopic (exact) mass is 473 g/mol. The summed E-state index contributed by atoms with van der Waals surface area (Å²) in [6, 6.07) is 18.7. The minimum atomic E-state index is -4.47. The molecule has 0 aliphatic carbocycles. The van der Waals surface area contributed by atoms with Crippen molar-refractivity contribution in [3.05, 3.63) is 106 Å². The van der Waals surface area contributed by atoms with Gasteiger partial charge in [0.25, 0.3) is 5.91 Å². The third-order valence-electron chi connectivity index (χ3n) is 4.60. The number of rotatable bonds is 4. The molecule has 1 atom stereocenters. The van der Waals surface area contributed by atoms with Gasteiger partial charge < -0.3 is 9.72 Å². The molecule has 0 saturated heterocycles. The van der Waals surface area contributed by atoms with Crippen LogP contribution in [0.4, 0.5) is 13.2 Å². The third-order valence-corrected chi connectivity index (χ3v) is 5.09. The van der Waals surface area contributed by atoms with Crippen molar-refractivity contribution >= 4 is 27.5 Å². The summed E-state index contributed by atoms with van der Waals surface area (Å²) in [5.74, 6) is -0.485. The molecular formula is C22H15BrF3N3O. The van der Waals surface area contributed by atoms with Gasteiger partial charge in [-0.15, -0.1) is 0 Å². The summed E-state index contributed by atoms with van der Waals surface area (Å²) in [5.41, 5.74) is 1.20. The highest BCUT2D eigenvalue weighted by atomic mass is 79.9. The number of imidazole rings is 1. The molecule has 1 amide bonds. The maximum Gasteiger partial charge on any atom is 0.417 e. The number of pyridine rings is 1. The standard InChI is InChI=1S/C22H15BrF3N3O/c23-17-8-4-7-15(11-17)20(14-5-2-1-3-6-14)28-21(30)18-13-29-12-16(22(24,25)26)9-10-19(29)27-18/h1-13,20H,(H,28,30). The van der Waals surface area contributed by atoms with Gasteiger partial charge in [-0.25, -0.2) is 4.98 Å². The van der Waals surface area contributed by atoms with Gasteiger partial charge in [-0.05, 0) is 35.4 Å².